The molecule has 2 nitrogen and oxygen atoms in total. The lowest BCUT2D eigenvalue weighted by molar-refractivity contribution is 0.336. The third-order valence-corrected chi connectivity index (χ3v) is 5.36. The minimum atomic E-state index is 0.474. The maximum atomic E-state index is 3.66. The smallest absolute Gasteiger partial charge is 0.0701 e. The fourth-order valence-electron chi connectivity index (χ4n) is 2.37. The monoisotopic (exact) mass is 316 g/mol. The Morgan fingerprint density at radius 3 is 3.00 bits per heavy atom. The summed E-state index contributed by atoms with van der Waals surface area (Å²) < 4.78 is 1.22. The number of nitrogens with zero attached hydrogens (tertiary/aromatic N) is 1. The van der Waals surface area contributed by atoms with Gasteiger partial charge in [-0.2, -0.15) is 0 Å². The third-order valence-electron chi connectivity index (χ3n) is 3.55. The molecule has 1 aliphatic heterocycles. The Hall–Kier alpha value is 0.1000. The van der Waals surface area contributed by atoms with Crippen LogP contribution in [0, 0.1) is 5.92 Å². The van der Waals surface area contributed by atoms with E-state index in [-0.39, 0.29) is 0 Å². The van der Waals surface area contributed by atoms with Gasteiger partial charge in [-0.25, -0.2) is 0 Å². The molecule has 1 aliphatic rings. The first kappa shape index (κ1) is 13.5. The summed E-state index contributed by atoms with van der Waals surface area (Å²) in [5.41, 5.74) is 0. The Morgan fingerprint density at radius 2 is 2.41 bits per heavy atom. The molecule has 0 radical (unpaired) electrons. The van der Waals surface area contributed by atoms with E-state index in [0.717, 1.165) is 12.5 Å². The summed E-state index contributed by atoms with van der Waals surface area (Å²) >= 11 is 5.35. The topological polar surface area (TPSA) is 15.3 Å². The van der Waals surface area contributed by atoms with E-state index in [2.05, 4.69) is 52.1 Å². The molecule has 2 atom stereocenters. The van der Waals surface area contributed by atoms with Gasteiger partial charge in [0.15, 0.2) is 0 Å². The molecule has 1 N–H and O–H groups in total. The maximum Gasteiger partial charge on any atom is 0.0701 e. The van der Waals surface area contributed by atoms with Gasteiger partial charge < -0.3 is 10.2 Å². The standard InChI is InChI=1S/C13H21BrN2S/c1-3-16-7-6-11(9-16)8-15-10(2)12-4-5-13(14)17-12/h4-5,10-11,15H,3,6-9H2,1-2H3. The van der Waals surface area contributed by atoms with E-state index in [1.54, 1.807) is 0 Å². The number of hydrogen-bond donors (Lipinski definition) is 1. The van der Waals surface area contributed by atoms with E-state index >= 15 is 0 Å². The van der Waals surface area contributed by atoms with Gasteiger partial charge in [-0.1, -0.05) is 6.92 Å². The number of hydrogen-bond acceptors (Lipinski definition) is 3. The van der Waals surface area contributed by atoms with Crippen molar-refractivity contribution in [1.82, 2.24) is 10.2 Å². The number of rotatable bonds is 5. The number of halogens is 1. The summed E-state index contributed by atoms with van der Waals surface area (Å²) in [4.78, 5) is 3.96. The first-order valence-corrected chi connectivity index (χ1v) is 8.01. The first-order chi connectivity index (χ1) is 8.19. The van der Waals surface area contributed by atoms with Crippen LogP contribution in [0.1, 0.15) is 31.2 Å². The molecule has 2 unspecified atom stereocenters. The van der Waals surface area contributed by atoms with Crippen LogP contribution in [-0.4, -0.2) is 31.1 Å². The highest BCUT2D eigenvalue weighted by Gasteiger charge is 2.21. The second-order valence-corrected chi connectivity index (χ2v) is 7.31. The zero-order chi connectivity index (χ0) is 12.3. The molecule has 1 fully saturated rings. The average Bonchev–Trinajstić information content (AvgIpc) is 2.94. The normalized spacial score (nSPS) is 23.1. The molecule has 2 rings (SSSR count). The highest BCUT2D eigenvalue weighted by Crippen LogP contribution is 2.27. The summed E-state index contributed by atoms with van der Waals surface area (Å²) in [7, 11) is 0. The molecule has 1 aromatic heterocycles. The van der Waals surface area contributed by atoms with Crippen LogP contribution in [0.3, 0.4) is 0 Å². The van der Waals surface area contributed by atoms with Crippen molar-refractivity contribution >= 4 is 27.3 Å². The van der Waals surface area contributed by atoms with Gasteiger partial charge in [0.1, 0.15) is 0 Å². The Bertz CT molecular complexity index is 353. The first-order valence-electron chi connectivity index (χ1n) is 6.40. The zero-order valence-electron chi connectivity index (χ0n) is 10.6. The van der Waals surface area contributed by atoms with Gasteiger partial charge in [-0.15, -0.1) is 11.3 Å². The molecule has 0 aliphatic carbocycles. The molecule has 0 saturated carbocycles. The van der Waals surface area contributed by atoms with Crippen LogP contribution in [0.4, 0.5) is 0 Å². The van der Waals surface area contributed by atoms with Gasteiger partial charge in [0, 0.05) is 17.5 Å². The van der Waals surface area contributed by atoms with Crippen molar-refractivity contribution in [1.29, 1.82) is 0 Å². The van der Waals surface area contributed by atoms with Crippen molar-refractivity contribution in [3.63, 3.8) is 0 Å². The van der Waals surface area contributed by atoms with Crippen molar-refractivity contribution in [3.8, 4) is 0 Å². The molecule has 1 saturated heterocycles. The predicted octanol–water partition coefficient (Wildman–Crippen LogP) is 3.50. The molecular formula is C13H21BrN2S. The summed E-state index contributed by atoms with van der Waals surface area (Å²) in [5.74, 6) is 0.834. The van der Waals surface area contributed by atoms with Gasteiger partial charge in [-0.3, -0.25) is 0 Å². The van der Waals surface area contributed by atoms with Crippen LogP contribution < -0.4 is 5.32 Å². The van der Waals surface area contributed by atoms with Crippen molar-refractivity contribution in [2.75, 3.05) is 26.2 Å². The van der Waals surface area contributed by atoms with E-state index in [4.69, 9.17) is 0 Å². The molecule has 0 bridgehead atoms. The molecule has 17 heavy (non-hydrogen) atoms. The second-order valence-electron chi connectivity index (χ2n) is 4.82. The van der Waals surface area contributed by atoms with Crippen LogP contribution >= 0.6 is 27.3 Å². The second kappa shape index (κ2) is 6.32. The number of thiophene rings is 1. The number of nitrogens with one attached hydrogen (secondary N) is 1. The van der Waals surface area contributed by atoms with Crippen LogP contribution in [0.25, 0.3) is 0 Å². The molecule has 4 heteroatoms. The van der Waals surface area contributed by atoms with Crippen LogP contribution in [0.15, 0.2) is 15.9 Å². The third kappa shape index (κ3) is 3.78. The SMILES string of the molecule is CCN1CCC(CNC(C)c2ccc(Br)s2)C1. The molecule has 1 aromatic rings. The van der Waals surface area contributed by atoms with Crippen LogP contribution in [0.5, 0.6) is 0 Å². The average molecular weight is 317 g/mol. The molecule has 0 amide bonds. The van der Waals surface area contributed by atoms with E-state index < -0.39 is 0 Å². The van der Waals surface area contributed by atoms with Gasteiger partial charge >= 0.3 is 0 Å². The molecule has 96 valence electrons. The lowest BCUT2D eigenvalue weighted by atomic mass is 10.1. The van der Waals surface area contributed by atoms with Crippen molar-refractivity contribution in [3.05, 3.63) is 20.8 Å². The van der Waals surface area contributed by atoms with Crippen molar-refractivity contribution in [2.24, 2.45) is 5.92 Å². The van der Waals surface area contributed by atoms with Crippen LogP contribution in [-0.2, 0) is 0 Å². The highest BCUT2D eigenvalue weighted by molar-refractivity contribution is 9.11. The Balaban J connectivity index is 1.75. The Morgan fingerprint density at radius 1 is 1.59 bits per heavy atom. The quantitative estimate of drug-likeness (QED) is 0.894. The van der Waals surface area contributed by atoms with Gasteiger partial charge in [0.05, 0.1) is 3.79 Å². The van der Waals surface area contributed by atoms with E-state index in [1.807, 2.05) is 11.3 Å². The summed E-state index contributed by atoms with van der Waals surface area (Å²) in [5, 5.41) is 3.66. The summed E-state index contributed by atoms with van der Waals surface area (Å²) in [6.07, 6.45) is 1.35. The molecular weight excluding hydrogens is 296 g/mol. The fraction of sp³-hybridized carbons (Fsp3) is 0.692. The molecule has 0 spiro atoms. The molecule has 2 heterocycles. The lowest BCUT2D eigenvalue weighted by Gasteiger charge is -2.17. The van der Waals surface area contributed by atoms with Crippen molar-refractivity contribution < 1.29 is 0 Å². The van der Waals surface area contributed by atoms with Crippen molar-refractivity contribution in [2.45, 2.75) is 26.3 Å². The minimum Gasteiger partial charge on any atom is -0.309 e. The van der Waals surface area contributed by atoms with Crippen LogP contribution in [0.2, 0.25) is 0 Å². The maximum absolute atomic E-state index is 3.66. The zero-order valence-corrected chi connectivity index (χ0v) is 13.0. The summed E-state index contributed by atoms with van der Waals surface area (Å²) in [6, 6.07) is 4.81. The number of likely N-dealkylation sites (tertiary alicyclic amines) is 1. The van der Waals surface area contributed by atoms with E-state index in [9.17, 15) is 0 Å². The van der Waals surface area contributed by atoms with Gasteiger partial charge in [0.25, 0.3) is 0 Å². The van der Waals surface area contributed by atoms with E-state index in [0.29, 0.717) is 6.04 Å². The fourth-order valence-corrected chi connectivity index (χ4v) is 3.82. The largest absolute Gasteiger partial charge is 0.309 e. The predicted molar refractivity (Wildman–Crippen MR) is 78.7 cm³/mol. The lowest BCUT2D eigenvalue weighted by Crippen LogP contribution is -2.28. The minimum absolute atomic E-state index is 0.474. The summed E-state index contributed by atoms with van der Waals surface area (Å²) in [6.45, 7) is 9.40. The van der Waals surface area contributed by atoms with E-state index in [1.165, 1.54) is 34.7 Å². The Kier molecular flexibility index (Phi) is 5.03. The van der Waals surface area contributed by atoms with Gasteiger partial charge in [-0.05, 0) is 67.0 Å². The Labute approximate surface area is 117 Å². The highest BCUT2D eigenvalue weighted by atomic mass is 79.9. The molecule has 0 aromatic carbocycles. The van der Waals surface area contributed by atoms with Gasteiger partial charge in [0.2, 0.25) is 0 Å².